The van der Waals surface area contributed by atoms with Gasteiger partial charge >= 0.3 is 12.1 Å². The number of carbonyl (C=O) groups excluding carboxylic acids is 2. The summed E-state index contributed by atoms with van der Waals surface area (Å²) >= 11 is 0. The van der Waals surface area contributed by atoms with Crippen LogP contribution in [0.15, 0.2) is 78.9 Å². The first-order valence-electron chi connectivity index (χ1n) is 12.9. The largest absolute Gasteiger partial charge is 0.459 e. The molecule has 0 fully saturated rings. The van der Waals surface area contributed by atoms with Crippen LogP contribution in [0.25, 0.3) is 11.1 Å². The summed E-state index contributed by atoms with van der Waals surface area (Å²) in [6, 6.07) is 24.8. The van der Waals surface area contributed by atoms with Gasteiger partial charge < -0.3 is 14.8 Å². The first-order valence-corrected chi connectivity index (χ1v) is 14.5. The highest BCUT2D eigenvalue weighted by atomic mass is 32.2. The Bertz CT molecular complexity index is 1370. The Hall–Kier alpha value is -3.69. The van der Waals surface area contributed by atoms with Crippen molar-refractivity contribution < 1.29 is 27.5 Å². The third kappa shape index (κ3) is 7.46. The summed E-state index contributed by atoms with van der Waals surface area (Å²) in [5.41, 5.74) is 4.29. The molecule has 0 atom stereocenters. The molecule has 0 radical (unpaired) electrons. The van der Waals surface area contributed by atoms with E-state index in [1.54, 1.807) is 51.1 Å². The molecule has 9 heteroatoms. The number of carbonyl (C=O) groups is 2. The SMILES string of the molecule is CC(C)(C)OC(=O)CN(CCNC(=O)OCC1c2ccccc2-c2ccccc21)S(=O)(=O)Cc1ccccc1. The lowest BCUT2D eigenvalue weighted by Gasteiger charge is -2.25. The molecule has 4 rings (SSSR count). The monoisotopic (exact) mass is 550 g/mol. The fraction of sp³-hybridized carbons (Fsp3) is 0.333. The highest BCUT2D eigenvalue weighted by molar-refractivity contribution is 7.88. The van der Waals surface area contributed by atoms with E-state index in [1.807, 2.05) is 36.4 Å². The number of esters is 1. The van der Waals surface area contributed by atoms with E-state index < -0.39 is 34.2 Å². The summed E-state index contributed by atoms with van der Waals surface area (Å²) in [6.45, 7) is 4.68. The number of nitrogens with one attached hydrogen (secondary N) is 1. The average molecular weight is 551 g/mol. The van der Waals surface area contributed by atoms with Gasteiger partial charge in [-0.1, -0.05) is 78.9 Å². The van der Waals surface area contributed by atoms with Crippen molar-refractivity contribution in [3.8, 4) is 11.1 Å². The Morgan fingerprint density at radius 3 is 2.03 bits per heavy atom. The zero-order valence-corrected chi connectivity index (χ0v) is 23.2. The van der Waals surface area contributed by atoms with Gasteiger partial charge in [0.1, 0.15) is 18.8 Å². The van der Waals surface area contributed by atoms with Crippen molar-refractivity contribution >= 4 is 22.1 Å². The molecule has 3 aromatic carbocycles. The van der Waals surface area contributed by atoms with Crippen molar-refractivity contribution in [2.24, 2.45) is 0 Å². The van der Waals surface area contributed by atoms with Gasteiger partial charge in [0.05, 0.1) is 5.75 Å². The number of fused-ring (bicyclic) bond motifs is 3. The maximum absolute atomic E-state index is 13.2. The average Bonchev–Trinajstić information content (AvgIpc) is 3.20. The van der Waals surface area contributed by atoms with Gasteiger partial charge in [-0.15, -0.1) is 0 Å². The van der Waals surface area contributed by atoms with Crippen LogP contribution in [0.1, 0.15) is 43.4 Å². The molecule has 0 spiro atoms. The van der Waals surface area contributed by atoms with Gasteiger partial charge in [0.15, 0.2) is 0 Å². The fourth-order valence-corrected chi connectivity index (χ4v) is 6.11. The second kappa shape index (κ2) is 12.0. The summed E-state index contributed by atoms with van der Waals surface area (Å²) in [7, 11) is -3.88. The van der Waals surface area contributed by atoms with E-state index in [4.69, 9.17) is 9.47 Å². The molecular formula is C30H34N2O6S. The van der Waals surface area contributed by atoms with E-state index >= 15 is 0 Å². The highest BCUT2D eigenvalue weighted by Gasteiger charge is 2.30. The first kappa shape index (κ1) is 28.3. The number of alkyl carbamates (subject to hydrolysis) is 1. The molecular weight excluding hydrogens is 516 g/mol. The molecule has 1 aliphatic rings. The first-order chi connectivity index (χ1) is 18.5. The van der Waals surface area contributed by atoms with Crippen LogP contribution in [0.5, 0.6) is 0 Å². The Morgan fingerprint density at radius 1 is 0.872 bits per heavy atom. The zero-order chi connectivity index (χ0) is 28.0. The van der Waals surface area contributed by atoms with E-state index in [2.05, 4.69) is 17.4 Å². The van der Waals surface area contributed by atoms with Gasteiger partial charge in [-0.05, 0) is 48.6 Å². The van der Waals surface area contributed by atoms with Crippen molar-refractivity contribution in [1.82, 2.24) is 9.62 Å². The molecule has 8 nitrogen and oxygen atoms in total. The van der Waals surface area contributed by atoms with Crippen LogP contribution < -0.4 is 5.32 Å². The van der Waals surface area contributed by atoms with Crippen LogP contribution in [0, 0.1) is 0 Å². The van der Waals surface area contributed by atoms with Crippen molar-refractivity contribution in [3.05, 3.63) is 95.6 Å². The third-order valence-corrected chi connectivity index (χ3v) is 8.08. The number of hydrogen-bond donors (Lipinski definition) is 1. The predicted molar refractivity (Wildman–Crippen MR) is 150 cm³/mol. The van der Waals surface area contributed by atoms with Gasteiger partial charge in [0.25, 0.3) is 0 Å². The highest BCUT2D eigenvalue weighted by Crippen LogP contribution is 2.44. The molecule has 0 saturated heterocycles. The number of sulfonamides is 1. The number of benzene rings is 3. The third-order valence-electron chi connectivity index (χ3n) is 6.28. The van der Waals surface area contributed by atoms with E-state index in [-0.39, 0.29) is 31.4 Å². The predicted octanol–water partition coefficient (Wildman–Crippen LogP) is 4.70. The fourth-order valence-electron chi connectivity index (χ4n) is 4.64. The van der Waals surface area contributed by atoms with Crippen molar-refractivity contribution in [2.45, 2.75) is 38.0 Å². The Labute approximate surface area is 230 Å². The molecule has 0 unspecified atom stereocenters. The normalized spacial score (nSPS) is 13.0. The maximum Gasteiger partial charge on any atom is 0.407 e. The van der Waals surface area contributed by atoms with Crippen LogP contribution in [0.3, 0.4) is 0 Å². The number of ether oxygens (including phenoxy) is 2. The number of hydrogen-bond acceptors (Lipinski definition) is 6. The molecule has 0 aromatic heterocycles. The molecule has 0 bridgehead atoms. The molecule has 39 heavy (non-hydrogen) atoms. The number of amides is 1. The molecule has 1 aliphatic carbocycles. The van der Waals surface area contributed by atoms with E-state index in [0.29, 0.717) is 5.56 Å². The van der Waals surface area contributed by atoms with Crippen LogP contribution in [0.2, 0.25) is 0 Å². The Kier molecular flexibility index (Phi) is 8.72. The minimum absolute atomic E-state index is 0.0342. The maximum atomic E-state index is 13.2. The quantitative estimate of drug-likeness (QED) is 0.367. The molecule has 0 aliphatic heterocycles. The summed E-state index contributed by atoms with van der Waals surface area (Å²) in [5.74, 6) is -1.03. The summed E-state index contributed by atoms with van der Waals surface area (Å²) in [6.07, 6.45) is -0.658. The lowest BCUT2D eigenvalue weighted by atomic mass is 9.98. The molecule has 3 aromatic rings. The van der Waals surface area contributed by atoms with E-state index in [1.165, 1.54) is 0 Å². The lowest BCUT2D eigenvalue weighted by Crippen LogP contribution is -2.43. The molecule has 0 saturated carbocycles. The van der Waals surface area contributed by atoms with Crippen LogP contribution >= 0.6 is 0 Å². The van der Waals surface area contributed by atoms with Gasteiger partial charge in [-0.25, -0.2) is 13.2 Å². The Morgan fingerprint density at radius 2 is 1.44 bits per heavy atom. The molecule has 1 N–H and O–H groups in total. The molecule has 1 amide bonds. The van der Waals surface area contributed by atoms with Gasteiger partial charge in [0, 0.05) is 19.0 Å². The van der Waals surface area contributed by atoms with Gasteiger partial charge in [0.2, 0.25) is 10.0 Å². The number of nitrogens with zero attached hydrogens (tertiary/aromatic N) is 1. The summed E-state index contributed by atoms with van der Waals surface area (Å²) in [4.78, 5) is 25.0. The molecule has 0 heterocycles. The standard InChI is InChI=1S/C30H34N2O6S/c1-30(2,3)38-28(33)19-32(39(35,36)21-22-11-5-4-6-12-22)18-17-31-29(34)37-20-27-25-15-9-7-13-23(25)24-14-8-10-16-26(24)27/h4-16,27H,17-21H2,1-3H3,(H,31,34). The van der Waals surface area contributed by atoms with Crippen molar-refractivity contribution in [2.75, 3.05) is 26.2 Å². The van der Waals surface area contributed by atoms with Crippen molar-refractivity contribution in [1.29, 1.82) is 0 Å². The minimum Gasteiger partial charge on any atom is -0.459 e. The van der Waals surface area contributed by atoms with Crippen LogP contribution in [-0.4, -0.2) is 56.6 Å². The molecule has 206 valence electrons. The van der Waals surface area contributed by atoms with Gasteiger partial charge in [-0.3, -0.25) is 4.79 Å². The van der Waals surface area contributed by atoms with Crippen LogP contribution in [-0.2, 0) is 30.0 Å². The van der Waals surface area contributed by atoms with Crippen LogP contribution in [0.4, 0.5) is 4.79 Å². The second-order valence-electron chi connectivity index (χ2n) is 10.4. The van der Waals surface area contributed by atoms with Gasteiger partial charge in [-0.2, -0.15) is 4.31 Å². The smallest absolute Gasteiger partial charge is 0.407 e. The number of rotatable bonds is 10. The zero-order valence-electron chi connectivity index (χ0n) is 22.4. The van der Waals surface area contributed by atoms with E-state index in [9.17, 15) is 18.0 Å². The second-order valence-corrected chi connectivity index (χ2v) is 12.4. The summed E-state index contributed by atoms with van der Waals surface area (Å²) < 4.78 is 38.3. The Balaban J connectivity index is 1.37. The topological polar surface area (TPSA) is 102 Å². The van der Waals surface area contributed by atoms with Crippen molar-refractivity contribution in [3.63, 3.8) is 0 Å². The minimum atomic E-state index is -3.88. The summed E-state index contributed by atoms with van der Waals surface area (Å²) in [5, 5.41) is 2.62. The lowest BCUT2D eigenvalue weighted by molar-refractivity contribution is -0.154. The van der Waals surface area contributed by atoms with E-state index in [0.717, 1.165) is 26.6 Å².